The molecule has 2 N–H and O–H groups in total. The summed E-state index contributed by atoms with van der Waals surface area (Å²) in [5.74, 6) is -0.212. The topological polar surface area (TPSA) is 67.4 Å². The number of hydrogen-bond donors (Lipinski definition) is 2. The quantitative estimate of drug-likeness (QED) is 0.494. The van der Waals surface area contributed by atoms with E-state index in [2.05, 4.69) is 10.6 Å². The summed E-state index contributed by atoms with van der Waals surface area (Å²) in [5, 5.41) is 6.50. The molecule has 0 heterocycles. The highest BCUT2D eigenvalue weighted by Crippen LogP contribution is 2.29. The Balaban J connectivity index is 1.69. The van der Waals surface area contributed by atoms with Gasteiger partial charge >= 0.3 is 0 Å². The monoisotopic (exact) mass is 442 g/mol. The van der Waals surface area contributed by atoms with Crippen LogP contribution in [-0.2, 0) is 4.79 Å². The lowest BCUT2D eigenvalue weighted by molar-refractivity contribution is -0.122. The minimum atomic E-state index is -0.800. The Labute approximate surface area is 185 Å². The molecule has 3 rings (SSSR count). The van der Waals surface area contributed by atoms with E-state index in [4.69, 9.17) is 27.9 Å². The average molecular weight is 443 g/mol. The lowest BCUT2D eigenvalue weighted by Gasteiger charge is -2.18. The maximum absolute atomic E-state index is 12.6. The summed E-state index contributed by atoms with van der Waals surface area (Å²) in [7, 11) is 0. The smallest absolute Gasteiger partial charge is 0.265 e. The molecule has 154 valence electrons. The van der Waals surface area contributed by atoms with Gasteiger partial charge in [0.15, 0.2) is 6.10 Å². The molecule has 7 heteroatoms. The van der Waals surface area contributed by atoms with Crippen molar-refractivity contribution >= 4 is 46.4 Å². The summed E-state index contributed by atoms with van der Waals surface area (Å²) in [6.45, 7) is 3.44. The largest absolute Gasteiger partial charge is 0.479 e. The van der Waals surface area contributed by atoms with Crippen LogP contribution in [0.5, 0.6) is 5.75 Å². The van der Waals surface area contributed by atoms with Crippen LogP contribution in [0, 0.1) is 6.92 Å². The van der Waals surface area contributed by atoms with E-state index in [0.29, 0.717) is 32.7 Å². The van der Waals surface area contributed by atoms with Crippen LogP contribution in [0.1, 0.15) is 22.8 Å². The molecule has 0 fully saturated rings. The first-order valence-electron chi connectivity index (χ1n) is 9.23. The Morgan fingerprint density at radius 1 is 0.900 bits per heavy atom. The van der Waals surface area contributed by atoms with Gasteiger partial charge in [0.2, 0.25) is 0 Å². The lowest BCUT2D eigenvalue weighted by atomic mass is 10.1. The van der Waals surface area contributed by atoms with Crippen molar-refractivity contribution in [2.45, 2.75) is 20.0 Å². The lowest BCUT2D eigenvalue weighted by Crippen LogP contribution is -2.30. The number of benzene rings is 3. The van der Waals surface area contributed by atoms with Gasteiger partial charge in [0.25, 0.3) is 11.8 Å². The van der Waals surface area contributed by atoms with E-state index in [-0.39, 0.29) is 11.8 Å². The molecule has 0 aromatic heterocycles. The number of ether oxygens (including phenoxy) is 1. The summed E-state index contributed by atoms with van der Waals surface area (Å²) in [6, 6.07) is 19.0. The van der Waals surface area contributed by atoms with Crippen LogP contribution in [0.2, 0.25) is 10.0 Å². The number of amides is 2. The van der Waals surface area contributed by atoms with Gasteiger partial charge in [0.1, 0.15) is 5.75 Å². The van der Waals surface area contributed by atoms with Gasteiger partial charge in [-0.15, -0.1) is 0 Å². The number of carbonyl (C=O) groups excluding carboxylic acids is 2. The van der Waals surface area contributed by atoms with Gasteiger partial charge in [-0.25, -0.2) is 0 Å². The highest BCUT2D eigenvalue weighted by Gasteiger charge is 2.18. The summed E-state index contributed by atoms with van der Waals surface area (Å²) in [5.41, 5.74) is 2.46. The number of rotatable bonds is 6. The van der Waals surface area contributed by atoms with Crippen molar-refractivity contribution in [2.24, 2.45) is 0 Å². The molecule has 0 radical (unpaired) electrons. The van der Waals surface area contributed by atoms with Gasteiger partial charge in [-0.05, 0) is 61.9 Å². The third-order valence-corrected chi connectivity index (χ3v) is 4.97. The van der Waals surface area contributed by atoms with Crippen molar-refractivity contribution in [2.75, 3.05) is 10.6 Å². The van der Waals surface area contributed by atoms with E-state index in [1.807, 2.05) is 13.0 Å². The molecule has 0 spiro atoms. The molecule has 2 amide bonds. The Morgan fingerprint density at radius 3 is 2.23 bits per heavy atom. The minimum absolute atomic E-state index is 0.226. The Hall–Kier alpha value is -3.02. The van der Waals surface area contributed by atoms with E-state index in [0.717, 1.165) is 5.56 Å². The Bertz CT molecular complexity index is 1070. The molecular weight excluding hydrogens is 423 g/mol. The third kappa shape index (κ3) is 5.32. The fourth-order valence-corrected chi connectivity index (χ4v) is 3.19. The predicted molar refractivity (Wildman–Crippen MR) is 121 cm³/mol. The molecule has 1 unspecified atom stereocenters. The van der Waals surface area contributed by atoms with Crippen molar-refractivity contribution in [3.05, 3.63) is 87.9 Å². The van der Waals surface area contributed by atoms with Crippen LogP contribution in [0.15, 0.2) is 66.7 Å². The Kier molecular flexibility index (Phi) is 6.98. The zero-order chi connectivity index (χ0) is 21.7. The molecule has 0 aliphatic carbocycles. The second-order valence-corrected chi connectivity index (χ2v) is 7.47. The normalized spacial score (nSPS) is 11.5. The van der Waals surface area contributed by atoms with Crippen molar-refractivity contribution in [1.82, 2.24) is 0 Å². The first-order chi connectivity index (χ1) is 14.3. The van der Waals surface area contributed by atoms with Crippen LogP contribution in [0.25, 0.3) is 0 Å². The first kappa shape index (κ1) is 21.7. The van der Waals surface area contributed by atoms with Crippen LogP contribution in [-0.4, -0.2) is 17.9 Å². The van der Waals surface area contributed by atoms with Gasteiger partial charge in [-0.1, -0.05) is 47.5 Å². The average Bonchev–Trinajstić information content (AvgIpc) is 2.73. The number of carbonyl (C=O) groups is 2. The van der Waals surface area contributed by atoms with Gasteiger partial charge in [-0.2, -0.15) is 0 Å². The number of halogens is 2. The summed E-state index contributed by atoms with van der Waals surface area (Å²) in [6.07, 6.45) is -0.800. The fourth-order valence-electron chi connectivity index (χ4n) is 2.74. The predicted octanol–water partition coefficient (Wildman–Crippen LogP) is 5.96. The van der Waals surface area contributed by atoms with Crippen molar-refractivity contribution in [1.29, 1.82) is 0 Å². The van der Waals surface area contributed by atoms with Crippen molar-refractivity contribution in [3.8, 4) is 5.75 Å². The summed E-state index contributed by atoms with van der Waals surface area (Å²) < 4.78 is 5.65. The molecule has 0 bridgehead atoms. The third-order valence-electron chi connectivity index (χ3n) is 4.44. The molecule has 0 saturated carbocycles. The molecule has 0 saturated heterocycles. The first-order valence-corrected chi connectivity index (χ1v) is 9.99. The van der Waals surface area contributed by atoms with E-state index >= 15 is 0 Å². The summed E-state index contributed by atoms with van der Waals surface area (Å²) >= 11 is 12.0. The van der Waals surface area contributed by atoms with Crippen molar-refractivity contribution in [3.63, 3.8) is 0 Å². The molecule has 5 nitrogen and oxygen atoms in total. The SMILES string of the molecule is Cc1c(NC(=O)c2ccccc2)cccc1NC(=O)C(C)Oc1ccc(Cl)cc1Cl. The van der Waals surface area contributed by atoms with Crippen molar-refractivity contribution < 1.29 is 14.3 Å². The molecule has 3 aromatic rings. The maximum Gasteiger partial charge on any atom is 0.265 e. The van der Waals surface area contributed by atoms with Crippen LogP contribution in [0.4, 0.5) is 11.4 Å². The standard InChI is InChI=1S/C23H20Cl2N2O3/c1-14-19(9-6-10-20(14)27-23(29)16-7-4-3-5-8-16)26-22(28)15(2)30-21-12-11-17(24)13-18(21)25/h3-13,15H,1-2H3,(H,26,28)(H,27,29). The van der Waals surface area contributed by atoms with Crippen LogP contribution in [0.3, 0.4) is 0 Å². The number of nitrogens with one attached hydrogen (secondary N) is 2. The van der Waals surface area contributed by atoms with Gasteiger partial charge in [-0.3, -0.25) is 9.59 Å². The molecule has 3 aromatic carbocycles. The molecule has 0 aliphatic rings. The molecule has 1 atom stereocenters. The maximum atomic E-state index is 12.6. The van der Waals surface area contributed by atoms with E-state index in [1.54, 1.807) is 67.6 Å². The highest BCUT2D eigenvalue weighted by molar-refractivity contribution is 6.35. The minimum Gasteiger partial charge on any atom is -0.479 e. The second kappa shape index (κ2) is 9.65. The van der Waals surface area contributed by atoms with E-state index in [9.17, 15) is 9.59 Å². The number of hydrogen-bond acceptors (Lipinski definition) is 3. The van der Waals surface area contributed by atoms with Crippen LogP contribution < -0.4 is 15.4 Å². The van der Waals surface area contributed by atoms with E-state index < -0.39 is 6.10 Å². The zero-order valence-electron chi connectivity index (χ0n) is 16.4. The van der Waals surface area contributed by atoms with Gasteiger partial charge in [0, 0.05) is 22.0 Å². The van der Waals surface area contributed by atoms with Gasteiger partial charge < -0.3 is 15.4 Å². The summed E-state index contributed by atoms with van der Waals surface area (Å²) in [4.78, 5) is 25.0. The second-order valence-electron chi connectivity index (χ2n) is 6.62. The molecular formula is C23H20Cl2N2O3. The zero-order valence-corrected chi connectivity index (χ0v) is 17.9. The van der Waals surface area contributed by atoms with Crippen LogP contribution >= 0.6 is 23.2 Å². The van der Waals surface area contributed by atoms with E-state index in [1.165, 1.54) is 0 Å². The molecule has 0 aliphatic heterocycles. The fraction of sp³-hybridized carbons (Fsp3) is 0.130. The van der Waals surface area contributed by atoms with Gasteiger partial charge in [0.05, 0.1) is 5.02 Å². The highest BCUT2D eigenvalue weighted by atomic mass is 35.5. The number of anilines is 2. The molecule has 30 heavy (non-hydrogen) atoms. The Morgan fingerprint density at radius 2 is 1.57 bits per heavy atom.